The van der Waals surface area contributed by atoms with Gasteiger partial charge in [0.05, 0.1) is 5.52 Å². The highest BCUT2D eigenvalue weighted by Gasteiger charge is 2.34. The van der Waals surface area contributed by atoms with E-state index in [2.05, 4.69) is 4.98 Å². The summed E-state index contributed by atoms with van der Waals surface area (Å²) in [5.74, 6) is 0. The van der Waals surface area contributed by atoms with Crippen LogP contribution in [0.4, 0.5) is 0 Å². The molecule has 1 saturated heterocycles. The molecule has 0 atom stereocenters. The minimum Gasteiger partial charge on any atom is -0.255 e. The van der Waals surface area contributed by atoms with Crippen molar-refractivity contribution in [2.75, 3.05) is 26.2 Å². The SMILES string of the molecule is O=S(=O)(c1cccs1)N1CCN(S(=O)(=O)c2cccc3cccnc23)CC1. The van der Waals surface area contributed by atoms with Gasteiger partial charge in [0, 0.05) is 37.8 Å². The van der Waals surface area contributed by atoms with Crippen LogP contribution in [-0.4, -0.2) is 56.6 Å². The lowest BCUT2D eigenvalue weighted by Gasteiger charge is -2.33. The molecular formula is C17H17N3O4S3. The maximum atomic E-state index is 13.1. The molecule has 0 amide bonds. The smallest absolute Gasteiger partial charge is 0.252 e. The van der Waals surface area contributed by atoms with Crippen LogP contribution in [0.2, 0.25) is 0 Å². The van der Waals surface area contributed by atoms with Gasteiger partial charge in [0.2, 0.25) is 10.0 Å². The number of rotatable bonds is 4. The number of sulfonamides is 2. The summed E-state index contributed by atoms with van der Waals surface area (Å²) in [4.78, 5) is 4.37. The number of hydrogen-bond donors (Lipinski definition) is 0. The van der Waals surface area contributed by atoms with Crippen molar-refractivity contribution in [2.24, 2.45) is 0 Å². The number of pyridine rings is 1. The Morgan fingerprint density at radius 1 is 0.815 bits per heavy atom. The number of thiophene rings is 1. The van der Waals surface area contributed by atoms with E-state index in [-0.39, 0.29) is 35.3 Å². The first kappa shape index (κ1) is 18.5. The predicted octanol–water partition coefficient (Wildman–Crippen LogP) is 1.99. The summed E-state index contributed by atoms with van der Waals surface area (Å²) in [6, 6.07) is 11.9. The summed E-state index contributed by atoms with van der Waals surface area (Å²) in [5.41, 5.74) is 0.425. The minimum atomic E-state index is -3.76. The van der Waals surface area contributed by atoms with Crippen molar-refractivity contribution in [2.45, 2.75) is 9.10 Å². The molecule has 142 valence electrons. The zero-order chi connectivity index (χ0) is 19.1. The number of piperazine rings is 1. The zero-order valence-corrected chi connectivity index (χ0v) is 16.7. The Morgan fingerprint density at radius 3 is 2.15 bits per heavy atom. The van der Waals surface area contributed by atoms with Crippen molar-refractivity contribution < 1.29 is 16.8 Å². The molecule has 0 saturated carbocycles. The lowest BCUT2D eigenvalue weighted by molar-refractivity contribution is 0.273. The molecule has 0 bridgehead atoms. The maximum absolute atomic E-state index is 13.1. The van der Waals surface area contributed by atoms with Crippen LogP contribution in [0.25, 0.3) is 10.9 Å². The summed E-state index contributed by atoms with van der Waals surface area (Å²) >= 11 is 1.16. The van der Waals surface area contributed by atoms with Gasteiger partial charge in [-0.15, -0.1) is 11.3 Å². The number of aromatic nitrogens is 1. The Balaban J connectivity index is 1.59. The second-order valence-corrected chi connectivity index (χ2v) is 11.1. The van der Waals surface area contributed by atoms with Crippen LogP contribution >= 0.6 is 11.3 Å². The van der Waals surface area contributed by atoms with Crippen molar-refractivity contribution in [1.29, 1.82) is 0 Å². The van der Waals surface area contributed by atoms with Crippen LogP contribution in [-0.2, 0) is 20.0 Å². The van der Waals surface area contributed by atoms with Gasteiger partial charge in [-0.3, -0.25) is 4.98 Å². The monoisotopic (exact) mass is 423 g/mol. The van der Waals surface area contributed by atoms with Crippen molar-refractivity contribution in [1.82, 2.24) is 13.6 Å². The average Bonchev–Trinajstić information content (AvgIpc) is 3.23. The van der Waals surface area contributed by atoms with Gasteiger partial charge in [-0.1, -0.05) is 24.3 Å². The molecule has 1 fully saturated rings. The summed E-state index contributed by atoms with van der Waals surface area (Å²) < 4.78 is 54.4. The Labute approximate surface area is 162 Å². The Hall–Kier alpha value is -1.85. The fourth-order valence-corrected chi connectivity index (χ4v) is 7.27. The summed E-state index contributed by atoms with van der Waals surface area (Å²) in [6.45, 7) is 0.460. The first-order chi connectivity index (χ1) is 12.9. The van der Waals surface area contributed by atoms with E-state index in [0.717, 1.165) is 16.7 Å². The van der Waals surface area contributed by atoms with Crippen molar-refractivity contribution in [3.05, 3.63) is 54.0 Å². The molecule has 2 aromatic heterocycles. The summed E-state index contributed by atoms with van der Waals surface area (Å²) in [7, 11) is -7.33. The molecule has 0 aliphatic carbocycles. The van der Waals surface area contributed by atoms with Crippen LogP contribution < -0.4 is 0 Å². The molecule has 0 N–H and O–H groups in total. The number of hydrogen-bond acceptors (Lipinski definition) is 6. The van der Waals surface area contributed by atoms with Gasteiger partial charge in [-0.05, 0) is 23.6 Å². The third-order valence-electron chi connectivity index (χ3n) is 4.50. The van der Waals surface area contributed by atoms with E-state index in [9.17, 15) is 16.8 Å². The summed E-state index contributed by atoms with van der Waals surface area (Å²) in [5, 5.41) is 2.46. The van der Waals surface area contributed by atoms with Gasteiger partial charge < -0.3 is 0 Å². The van der Waals surface area contributed by atoms with E-state index in [4.69, 9.17) is 0 Å². The molecule has 27 heavy (non-hydrogen) atoms. The second-order valence-electron chi connectivity index (χ2n) is 6.07. The van der Waals surface area contributed by atoms with Gasteiger partial charge in [0.15, 0.2) is 0 Å². The third-order valence-corrected chi connectivity index (χ3v) is 9.70. The molecule has 3 heterocycles. The van der Waals surface area contributed by atoms with Gasteiger partial charge in [0.25, 0.3) is 10.0 Å². The van der Waals surface area contributed by atoms with E-state index in [1.807, 2.05) is 12.1 Å². The van der Waals surface area contributed by atoms with E-state index in [0.29, 0.717) is 5.52 Å². The van der Waals surface area contributed by atoms with E-state index < -0.39 is 20.0 Å². The first-order valence-corrected chi connectivity index (χ1v) is 12.0. The highest BCUT2D eigenvalue weighted by Crippen LogP contribution is 2.27. The van der Waals surface area contributed by atoms with Crippen LogP contribution in [0.15, 0.2) is 63.1 Å². The second kappa shape index (κ2) is 6.95. The number of nitrogens with zero attached hydrogens (tertiary/aromatic N) is 3. The highest BCUT2D eigenvalue weighted by atomic mass is 32.2. The minimum absolute atomic E-state index is 0.107. The zero-order valence-electron chi connectivity index (χ0n) is 14.2. The molecule has 1 aliphatic rings. The normalized spacial score (nSPS) is 17.3. The Kier molecular flexibility index (Phi) is 4.77. The van der Waals surface area contributed by atoms with E-state index in [1.54, 1.807) is 41.9 Å². The van der Waals surface area contributed by atoms with Crippen molar-refractivity contribution in [3.8, 4) is 0 Å². The molecule has 0 spiro atoms. The molecule has 10 heteroatoms. The quantitative estimate of drug-likeness (QED) is 0.640. The largest absolute Gasteiger partial charge is 0.255 e. The van der Waals surface area contributed by atoms with Crippen molar-refractivity contribution in [3.63, 3.8) is 0 Å². The molecule has 1 aromatic carbocycles. The molecular weight excluding hydrogens is 406 g/mol. The molecule has 1 aliphatic heterocycles. The number of fused-ring (bicyclic) bond motifs is 1. The molecule has 3 aromatic rings. The van der Waals surface area contributed by atoms with Gasteiger partial charge in [-0.25, -0.2) is 16.8 Å². The topological polar surface area (TPSA) is 87.7 Å². The summed E-state index contributed by atoms with van der Waals surface area (Å²) in [6.07, 6.45) is 1.56. The highest BCUT2D eigenvalue weighted by molar-refractivity contribution is 7.91. The molecule has 0 unspecified atom stereocenters. The molecule has 4 rings (SSSR count). The van der Waals surface area contributed by atoms with Crippen LogP contribution in [0.1, 0.15) is 0 Å². The van der Waals surface area contributed by atoms with Crippen LogP contribution in [0.5, 0.6) is 0 Å². The van der Waals surface area contributed by atoms with Crippen LogP contribution in [0.3, 0.4) is 0 Å². The van der Waals surface area contributed by atoms with Gasteiger partial charge in [-0.2, -0.15) is 8.61 Å². The Morgan fingerprint density at radius 2 is 1.48 bits per heavy atom. The first-order valence-electron chi connectivity index (χ1n) is 8.28. The lowest BCUT2D eigenvalue weighted by atomic mass is 10.2. The fraction of sp³-hybridized carbons (Fsp3) is 0.235. The van der Waals surface area contributed by atoms with E-state index in [1.165, 1.54) is 8.61 Å². The molecule has 0 radical (unpaired) electrons. The Bertz CT molecular complexity index is 1160. The lowest BCUT2D eigenvalue weighted by Crippen LogP contribution is -2.50. The van der Waals surface area contributed by atoms with E-state index >= 15 is 0 Å². The fourth-order valence-electron chi connectivity index (χ4n) is 3.11. The maximum Gasteiger partial charge on any atom is 0.252 e. The number of para-hydroxylation sites is 1. The van der Waals surface area contributed by atoms with Gasteiger partial charge in [0.1, 0.15) is 9.10 Å². The third kappa shape index (κ3) is 3.27. The molecule has 7 nitrogen and oxygen atoms in total. The number of benzene rings is 1. The van der Waals surface area contributed by atoms with Crippen molar-refractivity contribution >= 4 is 42.3 Å². The predicted molar refractivity (Wildman–Crippen MR) is 104 cm³/mol. The van der Waals surface area contributed by atoms with Crippen LogP contribution in [0, 0.1) is 0 Å². The van der Waals surface area contributed by atoms with Gasteiger partial charge >= 0.3 is 0 Å². The standard InChI is InChI=1S/C17H17N3O4S3/c21-26(22,15-6-1-4-14-5-2-8-18-17(14)15)19-9-11-20(12-10-19)27(23,24)16-7-3-13-25-16/h1-8,13H,9-12H2. The average molecular weight is 424 g/mol.